The van der Waals surface area contributed by atoms with Crippen LogP contribution in [-0.2, 0) is 14.3 Å². The van der Waals surface area contributed by atoms with Gasteiger partial charge in [0.2, 0.25) is 0 Å². The van der Waals surface area contributed by atoms with Crippen molar-refractivity contribution in [1.29, 1.82) is 0 Å². The second-order valence-electron chi connectivity index (χ2n) is 8.65. The summed E-state index contributed by atoms with van der Waals surface area (Å²) in [4.78, 5) is 10.5. The molecule has 0 aromatic rings. The van der Waals surface area contributed by atoms with Crippen LogP contribution in [-0.4, -0.2) is 97.8 Å². The maximum absolute atomic E-state index is 10.5. The van der Waals surface area contributed by atoms with Gasteiger partial charge in [0.05, 0.1) is 19.3 Å². The molecular weight excluding hydrogens is 424 g/mol. The number of hydrogen-bond donors (Lipinski definition) is 7. The normalized spacial score (nSPS) is 27.9. The van der Waals surface area contributed by atoms with E-state index in [1.165, 1.54) is 0 Å². The molecule has 190 valence electrons. The molecule has 0 aromatic carbocycles. The third kappa shape index (κ3) is 11.3. The van der Waals surface area contributed by atoms with Gasteiger partial charge in [-0.3, -0.25) is 0 Å². The summed E-state index contributed by atoms with van der Waals surface area (Å²) in [6, 6.07) is 0. The highest BCUT2D eigenvalue weighted by Crippen LogP contribution is 2.22. The lowest BCUT2D eigenvalue weighted by atomic mass is 9.99. The SMILES string of the molecule is O=C(O)C(O)CCCCCCCCCCCCC(O)CO[C@@H]1O[C@H](CO)[C@@H](O)[C@H](O)[C@H]1O. The molecule has 2 unspecified atom stereocenters. The summed E-state index contributed by atoms with van der Waals surface area (Å²) >= 11 is 0. The lowest BCUT2D eigenvalue weighted by Crippen LogP contribution is -2.59. The van der Waals surface area contributed by atoms with Crippen molar-refractivity contribution in [2.75, 3.05) is 13.2 Å². The highest BCUT2D eigenvalue weighted by molar-refractivity contribution is 5.71. The van der Waals surface area contributed by atoms with E-state index in [1.807, 2.05) is 0 Å². The van der Waals surface area contributed by atoms with E-state index < -0.39 is 55.5 Å². The van der Waals surface area contributed by atoms with Gasteiger partial charge >= 0.3 is 5.97 Å². The smallest absolute Gasteiger partial charge is 0.332 e. The molecule has 10 nitrogen and oxygen atoms in total. The predicted molar refractivity (Wildman–Crippen MR) is 115 cm³/mol. The van der Waals surface area contributed by atoms with Gasteiger partial charge in [0.25, 0.3) is 0 Å². The average molecular weight is 467 g/mol. The van der Waals surface area contributed by atoms with Crippen LogP contribution in [0.1, 0.15) is 77.0 Å². The Kier molecular flexibility index (Phi) is 15.2. The summed E-state index contributed by atoms with van der Waals surface area (Å²) in [6.45, 7) is -0.601. The molecule has 1 saturated heterocycles. The molecule has 1 aliphatic heterocycles. The minimum absolute atomic E-state index is 0.0772. The van der Waals surface area contributed by atoms with Gasteiger partial charge in [-0.1, -0.05) is 64.2 Å². The Bertz CT molecular complexity index is 489. The first-order chi connectivity index (χ1) is 15.3. The maximum atomic E-state index is 10.5. The van der Waals surface area contributed by atoms with Gasteiger partial charge in [-0.15, -0.1) is 0 Å². The van der Waals surface area contributed by atoms with E-state index in [0.717, 1.165) is 64.2 Å². The Morgan fingerprint density at radius 2 is 1.28 bits per heavy atom. The number of aliphatic hydroxyl groups is 6. The number of ether oxygens (including phenoxy) is 2. The maximum Gasteiger partial charge on any atom is 0.332 e. The van der Waals surface area contributed by atoms with Crippen LogP contribution >= 0.6 is 0 Å². The van der Waals surface area contributed by atoms with Crippen molar-refractivity contribution in [2.45, 2.75) is 120 Å². The predicted octanol–water partition coefficient (Wildman–Crippen LogP) is 0.290. The van der Waals surface area contributed by atoms with E-state index in [4.69, 9.17) is 19.7 Å². The summed E-state index contributed by atoms with van der Waals surface area (Å²) in [6.07, 6.45) is 2.37. The van der Waals surface area contributed by atoms with Crippen LogP contribution in [0.15, 0.2) is 0 Å². The first-order valence-electron chi connectivity index (χ1n) is 11.8. The van der Waals surface area contributed by atoms with Crippen molar-refractivity contribution in [1.82, 2.24) is 0 Å². The fourth-order valence-corrected chi connectivity index (χ4v) is 3.75. The quantitative estimate of drug-likeness (QED) is 0.139. The Morgan fingerprint density at radius 3 is 1.78 bits per heavy atom. The number of aliphatic hydroxyl groups excluding tert-OH is 6. The van der Waals surface area contributed by atoms with Gasteiger partial charge in [-0.25, -0.2) is 4.79 Å². The van der Waals surface area contributed by atoms with Crippen molar-refractivity contribution in [3.05, 3.63) is 0 Å². The molecule has 0 aromatic heterocycles. The van der Waals surface area contributed by atoms with Crippen LogP contribution in [0, 0.1) is 0 Å². The number of aliphatic carboxylic acids is 1. The van der Waals surface area contributed by atoms with Gasteiger partial charge in [-0.05, 0) is 12.8 Å². The molecule has 1 heterocycles. The van der Waals surface area contributed by atoms with Crippen LogP contribution in [0.2, 0.25) is 0 Å². The molecule has 1 rings (SSSR count). The highest BCUT2D eigenvalue weighted by Gasteiger charge is 2.44. The fraction of sp³-hybridized carbons (Fsp3) is 0.955. The lowest BCUT2D eigenvalue weighted by Gasteiger charge is -2.39. The van der Waals surface area contributed by atoms with Crippen molar-refractivity contribution < 1.29 is 50.0 Å². The van der Waals surface area contributed by atoms with Crippen molar-refractivity contribution in [3.8, 4) is 0 Å². The van der Waals surface area contributed by atoms with E-state index in [1.54, 1.807) is 0 Å². The molecule has 32 heavy (non-hydrogen) atoms. The third-order valence-corrected chi connectivity index (χ3v) is 5.85. The zero-order chi connectivity index (χ0) is 23.9. The lowest BCUT2D eigenvalue weighted by molar-refractivity contribution is -0.304. The first-order valence-corrected chi connectivity index (χ1v) is 11.8. The second kappa shape index (κ2) is 16.7. The van der Waals surface area contributed by atoms with Gasteiger partial charge in [-0.2, -0.15) is 0 Å². The summed E-state index contributed by atoms with van der Waals surface area (Å²) < 4.78 is 10.6. The molecular formula is C22H42O10. The molecule has 0 spiro atoms. The highest BCUT2D eigenvalue weighted by atomic mass is 16.7. The third-order valence-electron chi connectivity index (χ3n) is 5.85. The van der Waals surface area contributed by atoms with Crippen LogP contribution in [0.25, 0.3) is 0 Å². The Hall–Kier alpha value is -0.850. The van der Waals surface area contributed by atoms with E-state index in [0.29, 0.717) is 12.8 Å². The molecule has 7 atom stereocenters. The van der Waals surface area contributed by atoms with E-state index in [-0.39, 0.29) is 6.61 Å². The Balaban J connectivity index is 1.96. The van der Waals surface area contributed by atoms with Crippen molar-refractivity contribution >= 4 is 5.97 Å². The standard InChI is InChI=1S/C22H42O10/c23-13-17-18(26)19(27)20(28)22(32-17)31-14-15(24)11-9-7-5-3-1-2-4-6-8-10-12-16(25)21(29)30/h15-20,22-28H,1-14H2,(H,29,30)/t15?,16?,17-,18-,19+,20-,22-/m1/s1. The number of hydrogen-bond acceptors (Lipinski definition) is 9. The topological polar surface area (TPSA) is 177 Å². The van der Waals surface area contributed by atoms with E-state index in [9.17, 15) is 30.3 Å². The summed E-state index contributed by atoms with van der Waals surface area (Å²) in [5.41, 5.74) is 0. The number of carboxylic acid groups (broad SMARTS) is 1. The molecule has 0 amide bonds. The van der Waals surface area contributed by atoms with Crippen molar-refractivity contribution in [3.63, 3.8) is 0 Å². The monoisotopic (exact) mass is 466 g/mol. The number of carboxylic acids is 1. The summed E-state index contributed by atoms with van der Waals surface area (Å²) in [7, 11) is 0. The van der Waals surface area contributed by atoms with Crippen LogP contribution < -0.4 is 0 Å². The first kappa shape index (κ1) is 29.2. The molecule has 0 bridgehead atoms. The summed E-state index contributed by atoms with van der Waals surface area (Å²) in [5, 5.41) is 66.3. The largest absolute Gasteiger partial charge is 0.479 e. The van der Waals surface area contributed by atoms with Crippen LogP contribution in [0.3, 0.4) is 0 Å². The molecule has 1 aliphatic rings. The van der Waals surface area contributed by atoms with Gasteiger partial charge < -0.3 is 45.2 Å². The minimum Gasteiger partial charge on any atom is -0.479 e. The fourth-order valence-electron chi connectivity index (χ4n) is 3.75. The minimum atomic E-state index is -1.49. The summed E-state index contributed by atoms with van der Waals surface area (Å²) in [5.74, 6) is -1.15. The van der Waals surface area contributed by atoms with E-state index >= 15 is 0 Å². The Labute approximate surface area is 189 Å². The number of rotatable bonds is 18. The molecule has 0 saturated carbocycles. The van der Waals surface area contributed by atoms with E-state index in [2.05, 4.69) is 0 Å². The van der Waals surface area contributed by atoms with Crippen molar-refractivity contribution in [2.24, 2.45) is 0 Å². The Morgan fingerprint density at radius 1 is 0.781 bits per heavy atom. The zero-order valence-corrected chi connectivity index (χ0v) is 18.8. The van der Waals surface area contributed by atoms with Crippen LogP contribution in [0.4, 0.5) is 0 Å². The van der Waals surface area contributed by atoms with Gasteiger partial charge in [0.15, 0.2) is 12.4 Å². The zero-order valence-electron chi connectivity index (χ0n) is 18.8. The average Bonchev–Trinajstić information content (AvgIpc) is 2.77. The van der Waals surface area contributed by atoms with Gasteiger partial charge in [0, 0.05) is 0 Å². The van der Waals surface area contributed by atoms with Crippen LogP contribution in [0.5, 0.6) is 0 Å². The number of unbranched alkanes of at least 4 members (excludes halogenated alkanes) is 9. The second-order valence-corrected chi connectivity index (χ2v) is 8.65. The molecule has 7 N–H and O–H groups in total. The molecule has 1 fully saturated rings. The number of carbonyl (C=O) groups is 1. The molecule has 0 radical (unpaired) electrons. The molecule has 0 aliphatic carbocycles. The van der Waals surface area contributed by atoms with Gasteiger partial charge in [0.1, 0.15) is 24.4 Å². The molecule has 10 heteroatoms.